The van der Waals surface area contributed by atoms with Crippen molar-refractivity contribution in [3.05, 3.63) is 0 Å². The molecule has 0 heterocycles. The van der Waals surface area contributed by atoms with E-state index in [0.717, 1.165) is 0 Å². The summed E-state index contributed by atoms with van der Waals surface area (Å²) >= 11 is 0. The monoisotopic (exact) mass is 214 g/mol. The third-order valence-electron chi connectivity index (χ3n) is 1.19. The zero-order valence-electron chi connectivity index (χ0n) is 6.97. The van der Waals surface area contributed by atoms with Crippen molar-refractivity contribution >= 4 is 11.9 Å². The lowest BCUT2D eigenvalue weighted by molar-refractivity contribution is -0.142. The quantitative estimate of drug-likeness (QED) is 0.586. The topological polar surface area (TPSA) is 92.4 Å². The average molecular weight is 214 g/mol. The molecule has 0 saturated heterocycles. The number of carboxylic acids is 1. The van der Waals surface area contributed by atoms with E-state index in [1.807, 2.05) is 0 Å². The molecule has 1 unspecified atom stereocenters. The summed E-state index contributed by atoms with van der Waals surface area (Å²) in [5.41, 5.74) is 4.99. The molecule has 8 heteroatoms. The van der Waals surface area contributed by atoms with Crippen LogP contribution in [0.15, 0.2) is 0 Å². The summed E-state index contributed by atoms with van der Waals surface area (Å²) in [5.74, 6) is -2.48. The van der Waals surface area contributed by atoms with Crippen LogP contribution < -0.4 is 11.1 Å². The van der Waals surface area contributed by atoms with Crippen LogP contribution in [0.4, 0.5) is 13.2 Å². The number of hydrogen-bond acceptors (Lipinski definition) is 3. The summed E-state index contributed by atoms with van der Waals surface area (Å²) < 4.78 is 34.7. The molecule has 1 amide bonds. The Kier molecular flexibility index (Phi) is 4.35. The zero-order chi connectivity index (χ0) is 11.4. The minimum Gasteiger partial charge on any atom is -0.481 e. The number of nitrogens with two attached hydrogens (primary N) is 1. The molecule has 0 rings (SSSR count). The molecule has 0 aliphatic heterocycles. The highest BCUT2D eigenvalue weighted by Gasteiger charge is 2.29. The van der Waals surface area contributed by atoms with Crippen molar-refractivity contribution < 1.29 is 27.9 Å². The van der Waals surface area contributed by atoms with Crippen molar-refractivity contribution in [2.24, 2.45) is 5.73 Å². The number of aliphatic carboxylic acids is 1. The van der Waals surface area contributed by atoms with Gasteiger partial charge in [0.05, 0.1) is 12.5 Å². The van der Waals surface area contributed by atoms with Crippen LogP contribution in [-0.2, 0) is 9.59 Å². The third-order valence-corrected chi connectivity index (χ3v) is 1.19. The van der Waals surface area contributed by atoms with Gasteiger partial charge in [0.2, 0.25) is 5.91 Å². The number of amides is 1. The summed E-state index contributed by atoms with van der Waals surface area (Å²) in [6, 6.07) is -1.46. The van der Waals surface area contributed by atoms with Crippen LogP contribution in [-0.4, -0.2) is 35.7 Å². The van der Waals surface area contributed by atoms with E-state index in [4.69, 9.17) is 10.8 Å². The predicted octanol–water partition coefficient (Wildman–Crippen LogP) is -0.533. The van der Waals surface area contributed by atoms with Gasteiger partial charge < -0.3 is 16.2 Å². The van der Waals surface area contributed by atoms with Crippen molar-refractivity contribution in [2.45, 2.75) is 18.6 Å². The molecule has 0 aromatic carbocycles. The molecule has 14 heavy (non-hydrogen) atoms. The van der Waals surface area contributed by atoms with Gasteiger partial charge in [0, 0.05) is 0 Å². The Hall–Kier alpha value is -1.31. The van der Waals surface area contributed by atoms with Gasteiger partial charge in [-0.3, -0.25) is 9.59 Å². The van der Waals surface area contributed by atoms with Crippen molar-refractivity contribution in [1.29, 1.82) is 0 Å². The van der Waals surface area contributed by atoms with E-state index in [1.165, 1.54) is 5.32 Å². The van der Waals surface area contributed by atoms with Crippen molar-refractivity contribution in [3.8, 4) is 0 Å². The lowest BCUT2D eigenvalue weighted by atomic mass is 10.2. The first kappa shape index (κ1) is 12.7. The summed E-state index contributed by atoms with van der Waals surface area (Å²) in [7, 11) is 0. The molecule has 4 N–H and O–H groups in total. The number of alkyl halides is 3. The average Bonchev–Trinajstić information content (AvgIpc) is 1.97. The van der Waals surface area contributed by atoms with E-state index in [9.17, 15) is 22.8 Å². The molecular formula is C6H9F3N2O3. The van der Waals surface area contributed by atoms with E-state index in [-0.39, 0.29) is 0 Å². The van der Waals surface area contributed by atoms with E-state index in [2.05, 4.69) is 0 Å². The second-order valence-corrected chi connectivity index (χ2v) is 2.54. The smallest absolute Gasteiger partial charge is 0.405 e. The molecule has 1 atom stereocenters. The molecule has 0 radical (unpaired) electrons. The van der Waals surface area contributed by atoms with E-state index in [1.54, 1.807) is 0 Å². The van der Waals surface area contributed by atoms with Crippen molar-refractivity contribution in [3.63, 3.8) is 0 Å². The summed E-state index contributed by atoms with van der Waals surface area (Å²) in [6.45, 7) is -1.51. The first-order valence-electron chi connectivity index (χ1n) is 3.54. The van der Waals surface area contributed by atoms with Crippen molar-refractivity contribution in [2.75, 3.05) is 6.54 Å². The van der Waals surface area contributed by atoms with Crippen LogP contribution in [0.5, 0.6) is 0 Å². The first-order valence-corrected chi connectivity index (χ1v) is 3.54. The fourth-order valence-corrected chi connectivity index (χ4v) is 0.599. The van der Waals surface area contributed by atoms with Crippen LogP contribution in [0.3, 0.4) is 0 Å². The van der Waals surface area contributed by atoms with Crippen LogP contribution in [0, 0.1) is 0 Å². The SMILES string of the molecule is NC(CC(=O)O)C(=O)NCC(F)(F)F. The maximum absolute atomic E-state index is 11.6. The van der Waals surface area contributed by atoms with Gasteiger partial charge in [0.1, 0.15) is 6.54 Å². The van der Waals surface area contributed by atoms with Gasteiger partial charge in [0.25, 0.3) is 0 Å². The standard InChI is InChI=1S/C6H9F3N2O3/c7-6(8,9)2-11-5(14)3(10)1-4(12)13/h3H,1-2,10H2,(H,11,14)(H,12,13). The Morgan fingerprint density at radius 2 is 1.93 bits per heavy atom. The zero-order valence-corrected chi connectivity index (χ0v) is 6.97. The van der Waals surface area contributed by atoms with Gasteiger partial charge >= 0.3 is 12.1 Å². The number of carbonyl (C=O) groups excluding carboxylic acids is 1. The molecule has 82 valence electrons. The molecule has 0 aromatic heterocycles. The van der Waals surface area contributed by atoms with Crippen LogP contribution in [0.2, 0.25) is 0 Å². The fraction of sp³-hybridized carbons (Fsp3) is 0.667. The third kappa shape index (κ3) is 6.23. The molecule has 0 saturated carbocycles. The molecule has 0 aliphatic carbocycles. The maximum atomic E-state index is 11.6. The predicted molar refractivity (Wildman–Crippen MR) is 39.3 cm³/mol. The Balaban J connectivity index is 3.91. The fourth-order valence-electron chi connectivity index (χ4n) is 0.599. The normalized spacial score (nSPS) is 13.4. The second-order valence-electron chi connectivity index (χ2n) is 2.54. The Morgan fingerprint density at radius 1 is 1.43 bits per heavy atom. The largest absolute Gasteiger partial charge is 0.481 e. The molecule has 0 fully saturated rings. The number of carboxylic acid groups (broad SMARTS) is 1. The summed E-state index contributed by atoms with van der Waals surface area (Å²) in [4.78, 5) is 20.8. The number of rotatable bonds is 4. The summed E-state index contributed by atoms with van der Waals surface area (Å²) in [5, 5.41) is 9.65. The van der Waals surface area contributed by atoms with Gasteiger partial charge in [-0.1, -0.05) is 0 Å². The Labute approximate surface area is 77.1 Å². The van der Waals surface area contributed by atoms with E-state index >= 15 is 0 Å². The molecule has 0 aromatic rings. The van der Waals surface area contributed by atoms with E-state index < -0.39 is 37.1 Å². The van der Waals surface area contributed by atoms with Crippen LogP contribution in [0.1, 0.15) is 6.42 Å². The van der Waals surface area contributed by atoms with E-state index in [0.29, 0.717) is 0 Å². The Bertz CT molecular complexity index is 229. The first-order chi connectivity index (χ1) is 6.22. The molecule has 0 spiro atoms. The minimum atomic E-state index is -4.53. The summed E-state index contributed by atoms with van der Waals surface area (Å²) in [6.07, 6.45) is -5.23. The lowest BCUT2D eigenvalue weighted by Crippen LogP contribution is -2.45. The lowest BCUT2D eigenvalue weighted by Gasteiger charge is -2.11. The minimum absolute atomic E-state index is 0.705. The van der Waals surface area contributed by atoms with Crippen LogP contribution in [0.25, 0.3) is 0 Å². The highest BCUT2D eigenvalue weighted by atomic mass is 19.4. The molecular weight excluding hydrogens is 205 g/mol. The number of nitrogens with one attached hydrogen (secondary N) is 1. The van der Waals surface area contributed by atoms with Crippen molar-refractivity contribution in [1.82, 2.24) is 5.32 Å². The number of halogens is 3. The maximum Gasteiger partial charge on any atom is 0.405 e. The Morgan fingerprint density at radius 3 is 2.29 bits per heavy atom. The highest BCUT2D eigenvalue weighted by molar-refractivity contribution is 5.85. The van der Waals surface area contributed by atoms with Gasteiger partial charge in [-0.2, -0.15) is 13.2 Å². The molecule has 5 nitrogen and oxygen atoms in total. The molecule has 0 aliphatic rings. The van der Waals surface area contributed by atoms with Gasteiger partial charge in [0.15, 0.2) is 0 Å². The van der Waals surface area contributed by atoms with Gasteiger partial charge in [-0.05, 0) is 0 Å². The number of hydrogen-bond donors (Lipinski definition) is 3. The van der Waals surface area contributed by atoms with Gasteiger partial charge in [-0.25, -0.2) is 0 Å². The molecule has 0 bridgehead atoms. The van der Waals surface area contributed by atoms with Crippen LogP contribution >= 0.6 is 0 Å². The highest BCUT2D eigenvalue weighted by Crippen LogP contribution is 2.12. The second kappa shape index (κ2) is 4.80. The van der Waals surface area contributed by atoms with Gasteiger partial charge in [-0.15, -0.1) is 0 Å². The number of carbonyl (C=O) groups is 2.